The maximum atomic E-state index is 12.1. The molecule has 0 amide bonds. The highest BCUT2D eigenvalue weighted by Crippen LogP contribution is 2.28. The van der Waals surface area contributed by atoms with Crippen molar-refractivity contribution in [3.63, 3.8) is 0 Å². The number of benzene rings is 1. The highest BCUT2D eigenvalue weighted by molar-refractivity contribution is 5.82. The first-order chi connectivity index (χ1) is 8.46. The molecule has 0 bridgehead atoms. The minimum atomic E-state index is -0.864. The van der Waals surface area contributed by atoms with Crippen LogP contribution >= 0.6 is 0 Å². The van der Waals surface area contributed by atoms with Crippen molar-refractivity contribution in [2.75, 3.05) is 7.11 Å². The molecule has 0 radical (unpaired) electrons. The summed E-state index contributed by atoms with van der Waals surface area (Å²) in [5.74, 6) is -0.137. The first-order valence-electron chi connectivity index (χ1n) is 6.12. The molecule has 1 unspecified atom stereocenters. The number of ether oxygens (including phenoxy) is 1. The van der Waals surface area contributed by atoms with Gasteiger partial charge in [-0.2, -0.15) is 0 Å². The van der Waals surface area contributed by atoms with E-state index in [1.165, 1.54) is 7.11 Å². The number of hydrogen-bond acceptors (Lipinski definition) is 4. The topological polar surface area (TPSA) is 58.6 Å². The van der Waals surface area contributed by atoms with Crippen LogP contribution in [-0.4, -0.2) is 24.2 Å². The zero-order chi connectivity index (χ0) is 13.8. The molecule has 1 aromatic carbocycles. The Morgan fingerprint density at radius 2 is 1.94 bits per heavy atom. The molecule has 0 saturated carbocycles. The normalized spacial score (nSPS) is 14.3. The summed E-state index contributed by atoms with van der Waals surface area (Å²) in [6.45, 7) is 5.89. The van der Waals surface area contributed by atoms with Crippen molar-refractivity contribution in [2.45, 2.75) is 38.8 Å². The number of aromatic hydroxyl groups is 1. The van der Waals surface area contributed by atoms with E-state index in [1.54, 1.807) is 24.3 Å². The first kappa shape index (κ1) is 14.5. The number of carbonyl (C=O) groups is 1. The lowest BCUT2D eigenvalue weighted by atomic mass is 9.86. The molecule has 0 aromatic heterocycles. The minimum absolute atomic E-state index is 0.137. The zero-order valence-corrected chi connectivity index (χ0v) is 11.4. The summed E-state index contributed by atoms with van der Waals surface area (Å²) < 4.78 is 4.93. The second kappa shape index (κ2) is 5.87. The number of carbonyl (C=O) groups excluding carboxylic acids is 1. The van der Waals surface area contributed by atoms with Crippen LogP contribution in [0.15, 0.2) is 24.3 Å². The van der Waals surface area contributed by atoms with Gasteiger partial charge in [-0.15, -0.1) is 0 Å². The summed E-state index contributed by atoms with van der Waals surface area (Å²) in [5.41, 5.74) is -0.0697. The van der Waals surface area contributed by atoms with E-state index in [9.17, 15) is 9.90 Å². The Balaban J connectivity index is 3.24. The molecule has 1 atom stereocenters. The number of methoxy groups -OCH3 is 1. The summed E-state index contributed by atoms with van der Waals surface area (Å²) in [5, 5.41) is 12.6. The summed E-state index contributed by atoms with van der Waals surface area (Å²) in [6, 6.07) is 6.77. The van der Waals surface area contributed by atoms with Gasteiger partial charge >= 0.3 is 5.97 Å². The van der Waals surface area contributed by atoms with E-state index in [1.807, 2.05) is 20.8 Å². The van der Waals surface area contributed by atoms with Crippen molar-refractivity contribution >= 4 is 5.97 Å². The van der Waals surface area contributed by atoms with Crippen LogP contribution in [0.2, 0.25) is 0 Å². The molecule has 0 aliphatic carbocycles. The quantitative estimate of drug-likeness (QED) is 0.787. The molecule has 0 spiro atoms. The van der Waals surface area contributed by atoms with Crippen LogP contribution in [0.1, 0.15) is 32.8 Å². The van der Waals surface area contributed by atoms with Gasteiger partial charge in [-0.05, 0) is 38.0 Å². The van der Waals surface area contributed by atoms with Crippen LogP contribution in [0.4, 0.5) is 0 Å². The Labute approximate surface area is 108 Å². The van der Waals surface area contributed by atoms with Crippen LogP contribution in [0, 0.1) is 0 Å². The number of hydrogen-bond donors (Lipinski definition) is 2. The second-order valence-corrected chi connectivity index (χ2v) is 4.60. The lowest BCUT2D eigenvalue weighted by Crippen LogP contribution is -2.52. The van der Waals surface area contributed by atoms with Crippen LogP contribution in [0.5, 0.6) is 5.75 Å². The van der Waals surface area contributed by atoms with Gasteiger partial charge in [0.2, 0.25) is 0 Å². The van der Waals surface area contributed by atoms with E-state index < -0.39 is 5.54 Å². The summed E-state index contributed by atoms with van der Waals surface area (Å²) >= 11 is 0. The minimum Gasteiger partial charge on any atom is -0.508 e. The van der Waals surface area contributed by atoms with Gasteiger partial charge in [0.05, 0.1) is 7.11 Å². The molecular formula is C14H21NO3. The number of nitrogens with one attached hydrogen (secondary N) is 1. The molecule has 0 heterocycles. The van der Waals surface area contributed by atoms with Crippen LogP contribution in [0.25, 0.3) is 0 Å². The van der Waals surface area contributed by atoms with Crippen LogP contribution in [0.3, 0.4) is 0 Å². The van der Waals surface area contributed by atoms with Gasteiger partial charge in [-0.1, -0.05) is 19.1 Å². The molecule has 18 heavy (non-hydrogen) atoms. The van der Waals surface area contributed by atoms with Crippen molar-refractivity contribution in [3.05, 3.63) is 29.8 Å². The van der Waals surface area contributed by atoms with Gasteiger partial charge in [0.1, 0.15) is 11.3 Å². The average Bonchev–Trinajstić information content (AvgIpc) is 2.35. The Bertz CT molecular complexity index is 400. The average molecular weight is 251 g/mol. The lowest BCUT2D eigenvalue weighted by molar-refractivity contribution is -0.149. The van der Waals surface area contributed by atoms with E-state index in [2.05, 4.69) is 5.32 Å². The fourth-order valence-corrected chi connectivity index (χ4v) is 2.12. The van der Waals surface area contributed by atoms with Gasteiger partial charge in [-0.3, -0.25) is 5.32 Å². The summed E-state index contributed by atoms with van der Waals surface area (Å²) in [4.78, 5) is 12.1. The molecule has 2 N–H and O–H groups in total. The van der Waals surface area contributed by atoms with Crippen molar-refractivity contribution in [1.29, 1.82) is 0 Å². The molecule has 1 aromatic rings. The Morgan fingerprint density at radius 1 is 1.39 bits per heavy atom. The largest absolute Gasteiger partial charge is 0.508 e. The molecule has 4 heteroatoms. The SMILES string of the molecule is CCC(NC(C)C)(C(=O)OC)c1ccc(O)cc1. The van der Waals surface area contributed by atoms with E-state index in [0.29, 0.717) is 6.42 Å². The molecule has 0 saturated heterocycles. The molecule has 1 rings (SSSR count). The first-order valence-corrected chi connectivity index (χ1v) is 6.12. The second-order valence-electron chi connectivity index (χ2n) is 4.60. The number of phenolic OH excluding ortho intramolecular Hbond substituents is 1. The molecule has 4 nitrogen and oxygen atoms in total. The van der Waals surface area contributed by atoms with E-state index in [-0.39, 0.29) is 17.8 Å². The molecule has 0 aliphatic heterocycles. The van der Waals surface area contributed by atoms with Gasteiger partial charge < -0.3 is 9.84 Å². The third-order valence-electron chi connectivity index (χ3n) is 2.96. The van der Waals surface area contributed by atoms with Crippen molar-refractivity contribution in [2.24, 2.45) is 0 Å². The predicted octanol–water partition coefficient (Wildman–Crippen LogP) is 2.17. The highest BCUT2D eigenvalue weighted by Gasteiger charge is 2.40. The van der Waals surface area contributed by atoms with Gasteiger partial charge in [0.25, 0.3) is 0 Å². The maximum absolute atomic E-state index is 12.1. The predicted molar refractivity (Wildman–Crippen MR) is 70.4 cm³/mol. The Morgan fingerprint density at radius 3 is 2.33 bits per heavy atom. The van der Waals surface area contributed by atoms with Gasteiger partial charge in [-0.25, -0.2) is 4.79 Å². The van der Waals surface area contributed by atoms with Crippen molar-refractivity contribution in [1.82, 2.24) is 5.32 Å². The Hall–Kier alpha value is -1.55. The smallest absolute Gasteiger partial charge is 0.330 e. The molecule has 0 fully saturated rings. The fourth-order valence-electron chi connectivity index (χ4n) is 2.12. The fraction of sp³-hybridized carbons (Fsp3) is 0.500. The number of esters is 1. The zero-order valence-electron chi connectivity index (χ0n) is 11.4. The van der Waals surface area contributed by atoms with Crippen LogP contribution < -0.4 is 5.32 Å². The van der Waals surface area contributed by atoms with E-state index in [4.69, 9.17) is 4.74 Å². The third-order valence-corrected chi connectivity index (χ3v) is 2.96. The Kier molecular flexibility index (Phi) is 4.73. The standard InChI is InChI=1S/C14H21NO3/c1-5-14(13(17)18-4,15-10(2)3)11-6-8-12(16)9-7-11/h6-10,15-16H,5H2,1-4H3. The molecular weight excluding hydrogens is 230 g/mol. The maximum Gasteiger partial charge on any atom is 0.330 e. The lowest BCUT2D eigenvalue weighted by Gasteiger charge is -2.33. The summed E-state index contributed by atoms with van der Waals surface area (Å²) in [7, 11) is 1.38. The monoisotopic (exact) mass is 251 g/mol. The number of rotatable bonds is 5. The van der Waals surface area contributed by atoms with Gasteiger partial charge in [0, 0.05) is 6.04 Å². The van der Waals surface area contributed by atoms with E-state index in [0.717, 1.165) is 5.56 Å². The van der Waals surface area contributed by atoms with Crippen LogP contribution in [-0.2, 0) is 15.1 Å². The molecule has 100 valence electrons. The van der Waals surface area contributed by atoms with Crippen molar-refractivity contribution in [3.8, 4) is 5.75 Å². The third kappa shape index (κ3) is 2.82. The summed E-state index contributed by atoms with van der Waals surface area (Å²) in [6.07, 6.45) is 0.572. The van der Waals surface area contributed by atoms with Crippen molar-refractivity contribution < 1.29 is 14.6 Å². The number of phenols is 1. The molecule has 0 aliphatic rings. The highest BCUT2D eigenvalue weighted by atomic mass is 16.5. The van der Waals surface area contributed by atoms with Gasteiger partial charge in [0.15, 0.2) is 0 Å². The van der Waals surface area contributed by atoms with E-state index >= 15 is 0 Å².